The number of piperidine rings is 1. The Morgan fingerprint density at radius 1 is 1.45 bits per heavy atom. The fourth-order valence-electron chi connectivity index (χ4n) is 2.83. The summed E-state index contributed by atoms with van der Waals surface area (Å²) < 4.78 is 29.0. The van der Waals surface area contributed by atoms with Crippen molar-refractivity contribution in [3.8, 4) is 0 Å². The Balaban J connectivity index is 1.94. The van der Waals surface area contributed by atoms with Gasteiger partial charge in [-0.1, -0.05) is 0 Å². The van der Waals surface area contributed by atoms with E-state index in [0.29, 0.717) is 13.1 Å². The van der Waals surface area contributed by atoms with Crippen LogP contribution in [0.15, 0.2) is 4.40 Å². The summed E-state index contributed by atoms with van der Waals surface area (Å²) in [6.45, 7) is 0.859. The average molecular weight is 322 g/mol. The van der Waals surface area contributed by atoms with E-state index in [9.17, 15) is 13.2 Å². The van der Waals surface area contributed by atoms with Crippen LogP contribution in [0.25, 0.3) is 0 Å². The second-order valence-electron chi connectivity index (χ2n) is 5.78. The van der Waals surface area contributed by atoms with Gasteiger partial charge < -0.3 is 4.90 Å². The quantitative estimate of drug-likeness (QED) is 0.425. The molecule has 6 nitrogen and oxygen atoms in total. The molecule has 2 rings (SSSR count). The van der Waals surface area contributed by atoms with Crippen LogP contribution in [0.3, 0.4) is 0 Å². The van der Waals surface area contributed by atoms with Crippen molar-refractivity contribution in [1.29, 1.82) is 0 Å². The molecule has 8 heteroatoms. The number of halogens is 1. The zero-order chi connectivity index (χ0) is 15.0. The third-order valence-corrected chi connectivity index (χ3v) is 5.81. The first-order valence-electron chi connectivity index (χ1n) is 6.61. The molecular weight excluding hydrogens is 302 g/mol. The third kappa shape index (κ3) is 3.15. The SMILES string of the molecule is CN(C)/C=N\S(=O)(=O)N1CCC2(CC1)C[C@H]2C(=O)CCl. The number of nitrogens with zero attached hydrogens (tertiary/aromatic N) is 3. The van der Waals surface area contributed by atoms with Crippen LogP contribution in [0.4, 0.5) is 0 Å². The van der Waals surface area contributed by atoms with Gasteiger partial charge in [-0.2, -0.15) is 12.7 Å². The lowest BCUT2D eigenvalue weighted by Gasteiger charge is -2.30. The second-order valence-corrected chi connectivity index (χ2v) is 7.67. The predicted octanol–water partition coefficient (Wildman–Crippen LogP) is 0.731. The average Bonchev–Trinajstić information content (AvgIpc) is 3.10. The molecule has 1 saturated heterocycles. The molecule has 1 saturated carbocycles. The summed E-state index contributed by atoms with van der Waals surface area (Å²) >= 11 is 5.58. The Hall–Kier alpha value is -0.660. The number of alkyl halides is 1. The smallest absolute Gasteiger partial charge is 0.323 e. The van der Waals surface area contributed by atoms with Crippen molar-refractivity contribution in [2.45, 2.75) is 19.3 Å². The molecule has 0 aromatic heterocycles. The molecule has 1 aliphatic carbocycles. The number of carbonyl (C=O) groups excluding carboxylic acids is 1. The van der Waals surface area contributed by atoms with Gasteiger partial charge in [-0.15, -0.1) is 16.0 Å². The van der Waals surface area contributed by atoms with Gasteiger partial charge in [0.05, 0.1) is 5.88 Å². The molecule has 114 valence electrons. The lowest BCUT2D eigenvalue weighted by Crippen LogP contribution is -2.39. The van der Waals surface area contributed by atoms with Crippen LogP contribution >= 0.6 is 11.6 Å². The maximum absolute atomic E-state index is 12.0. The predicted molar refractivity (Wildman–Crippen MR) is 78.2 cm³/mol. The van der Waals surface area contributed by atoms with Gasteiger partial charge in [0.15, 0.2) is 5.78 Å². The Bertz CT molecular complexity index is 510. The van der Waals surface area contributed by atoms with Crippen molar-refractivity contribution >= 4 is 33.9 Å². The Morgan fingerprint density at radius 3 is 2.55 bits per heavy atom. The summed E-state index contributed by atoms with van der Waals surface area (Å²) in [6, 6.07) is 0. The Morgan fingerprint density at radius 2 is 2.05 bits per heavy atom. The minimum absolute atomic E-state index is 0.00323. The third-order valence-electron chi connectivity index (χ3n) is 4.17. The van der Waals surface area contributed by atoms with Gasteiger partial charge in [-0.3, -0.25) is 4.79 Å². The molecule has 1 spiro atoms. The van der Waals surface area contributed by atoms with E-state index in [0.717, 1.165) is 19.3 Å². The van der Waals surface area contributed by atoms with Crippen LogP contribution in [-0.2, 0) is 15.0 Å². The van der Waals surface area contributed by atoms with Crippen molar-refractivity contribution in [2.24, 2.45) is 15.7 Å². The van der Waals surface area contributed by atoms with Gasteiger partial charge in [0, 0.05) is 33.1 Å². The highest BCUT2D eigenvalue weighted by atomic mass is 35.5. The van der Waals surface area contributed by atoms with E-state index in [1.54, 1.807) is 19.0 Å². The van der Waals surface area contributed by atoms with E-state index < -0.39 is 10.2 Å². The van der Waals surface area contributed by atoms with Gasteiger partial charge in [0.2, 0.25) is 0 Å². The molecule has 1 atom stereocenters. The second kappa shape index (κ2) is 5.61. The van der Waals surface area contributed by atoms with Crippen molar-refractivity contribution in [1.82, 2.24) is 9.21 Å². The van der Waals surface area contributed by atoms with E-state index in [1.807, 2.05) is 0 Å². The van der Waals surface area contributed by atoms with E-state index in [4.69, 9.17) is 11.6 Å². The van der Waals surface area contributed by atoms with E-state index >= 15 is 0 Å². The number of hydrogen-bond donors (Lipinski definition) is 0. The molecule has 0 bridgehead atoms. The van der Waals surface area contributed by atoms with E-state index in [-0.39, 0.29) is 23.0 Å². The monoisotopic (exact) mass is 321 g/mol. The zero-order valence-electron chi connectivity index (χ0n) is 11.7. The fraction of sp³-hybridized carbons (Fsp3) is 0.833. The van der Waals surface area contributed by atoms with Crippen LogP contribution < -0.4 is 0 Å². The topological polar surface area (TPSA) is 70.1 Å². The van der Waals surface area contributed by atoms with Gasteiger partial charge in [0.1, 0.15) is 6.34 Å². The number of ketones is 1. The van der Waals surface area contributed by atoms with Crippen LogP contribution in [0.5, 0.6) is 0 Å². The molecule has 0 aromatic rings. The number of hydrogen-bond acceptors (Lipinski definition) is 3. The van der Waals surface area contributed by atoms with Crippen molar-refractivity contribution in [2.75, 3.05) is 33.1 Å². The lowest BCUT2D eigenvalue weighted by molar-refractivity contribution is -0.118. The van der Waals surface area contributed by atoms with Crippen LogP contribution in [0.2, 0.25) is 0 Å². The molecule has 2 aliphatic rings. The molecule has 0 unspecified atom stereocenters. The maximum atomic E-state index is 12.0. The molecule has 1 heterocycles. The summed E-state index contributed by atoms with van der Waals surface area (Å²) in [5.74, 6) is 0.186. The minimum atomic E-state index is -3.59. The fourth-order valence-corrected chi connectivity index (χ4v) is 4.10. The summed E-state index contributed by atoms with van der Waals surface area (Å²) in [5.41, 5.74) is 0.00323. The first kappa shape index (κ1) is 15.7. The normalized spacial score (nSPS) is 26.1. The number of carbonyl (C=O) groups is 1. The number of rotatable bonds is 5. The molecule has 2 fully saturated rings. The summed E-state index contributed by atoms with van der Waals surface area (Å²) in [4.78, 5) is 13.2. The highest BCUT2D eigenvalue weighted by Gasteiger charge is 2.58. The Kier molecular flexibility index (Phi) is 4.41. The molecule has 0 radical (unpaired) electrons. The van der Waals surface area contributed by atoms with E-state index in [1.165, 1.54) is 10.6 Å². The van der Waals surface area contributed by atoms with Crippen molar-refractivity contribution < 1.29 is 13.2 Å². The van der Waals surface area contributed by atoms with Gasteiger partial charge >= 0.3 is 10.2 Å². The largest absolute Gasteiger partial charge is 0.368 e. The summed E-state index contributed by atoms with van der Waals surface area (Å²) in [5, 5.41) is 0. The lowest BCUT2D eigenvalue weighted by atomic mass is 9.91. The molecular formula is C12H20ClN3O3S. The first-order valence-corrected chi connectivity index (χ1v) is 8.54. The first-order chi connectivity index (χ1) is 9.31. The van der Waals surface area contributed by atoms with E-state index in [2.05, 4.69) is 4.40 Å². The summed E-state index contributed by atoms with van der Waals surface area (Å²) in [6.07, 6.45) is 3.58. The molecule has 0 amide bonds. The van der Waals surface area contributed by atoms with Crippen molar-refractivity contribution in [3.63, 3.8) is 0 Å². The van der Waals surface area contributed by atoms with Gasteiger partial charge in [0.25, 0.3) is 0 Å². The summed E-state index contributed by atoms with van der Waals surface area (Å²) in [7, 11) is -0.156. The molecule has 0 N–H and O–H groups in total. The van der Waals surface area contributed by atoms with Gasteiger partial charge in [-0.05, 0) is 24.7 Å². The molecule has 1 aliphatic heterocycles. The van der Waals surface area contributed by atoms with Gasteiger partial charge in [-0.25, -0.2) is 0 Å². The van der Waals surface area contributed by atoms with Crippen LogP contribution in [0, 0.1) is 11.3 Å². The highest BCUT2D eigenvalue weighted by Crippen LogP contribution is 2.59. The number of Topliss-reactive ketones (excluding diaryl/α,β-unsaturated/α-hetero) is 1. The highest BCUT2D eigenvalue weighted by molar-refractivity contribution is 7.87. The van der Waals surface area contributed by atoms with Crippen LogP contribution in [-0.4, -0.2) is 62.8 Å². The van der Waals surface area contributed by atoms with Crippen molar-refractivity contribution in [3.05, 3.63) is 0 Å². The van der Waals surface area contributed by atoms with Crippen LogP contribution in [0.1, 0.15) is 19.3 Å². The molecule has 20 heavy (non-hydrogen) atoms. The Labute approximate surface area is 125 Å². The molecule has 0 aromatic carbocycles. The standard InChI is InChI=1S/C12H20ClN3O3S/c1-15(2)9-14-20(18,19)16-5-3-12(4-6-16)7-10(12)11(17)8-13/h9-10H,3-8H2,1-2H3/b14-9-/t10-/m0/s1. The maximum Gasteiger partial charge on any atom is 0.323 e. The minimum Gasteiger partial charge on any atom is -0.368 e. The zero-order valence-corrected chi connectivity index (χ0v) is 13.3.